The van der Waals surface area contributed by atoms with Crippen molar-refractivity contribution < 1.29 is 4.84 Å². The zero-order valence-electron chi connectivity index (χ0n) is 11.8. The molecule has 100 valence electrons. The van der Waals surface area contributed by atoms with Gasteiger partial charge in [-0.25, -0.2) is 5.06 Å². The summed E-state index contributed by atoms with van der Waals surface area (Å²) in [4.78, 5) is 5.97. The summed E-state index contributed by atoms with van der Waals surface area (Å²) in [5.74, 6) is 1.34. The van der Waals surface area contributed by atoms with Crippen molar-refractivity contribution in [2.75, 3.05) is 11.6 Å². The fourth-order valence-electron chi connectivity index (χ4n) is 2.10. The van der Waals surface area contributed by atoms with Crippen LogP contribution < -0.4 is 9.90 Å². The lowest BCUT2D eigenvalue weighted by atomic mass is 10.0. The molecule has 0 N–H and O–H groups in total. The van der Waals surface area contributed by atoms with Crippen LogP contribution >= 0.6 is 0 Å². The van der Waals surface area contributed by atoms with Crippen molar-refractivity contribution in [3.05, 3.63) is 60.2 Å². The number of hydrogen-bond donors (Lipinski definition) is 0. The number of hydrogen-bond acceptors (Lipinski definition) is 2. The van der Waals surface area contributed by atoms with Gasteiger partial charge in [-0.05, 0) is 36.6 Å². The highest BCUT2D eigenvalue weighted by molar-refractivity contribution is 5.53. The van der Waals surface area contributed by atoms with E-state index < -0.39 is 0 Å². The van der Waals surface area contributed by atoms with E-state index in [1.807, 2.05) is 35.4 Å². The van der Waals surface area contributed by atoms with Gasteiger partial charge in [0.05, 0.1) is 12.2 Å². The number of rotatable bonds is 5. The molecule has 0 aliphatic heterocycles. The molecule has 0 saturated heterocycles. The van der Waals surface area contributed by atoms with Gasteiger partial charge in [0.1, 0.15) is 0 Å². The van der Waals surface area contributed by atoms with Gasteiger partial charge >= 0.3 is 0 Å². The van der Waals surface area contributed by atoms with Gasteiger partial charge in [-0.1, -0.05) is 50.2 Å². The highest BCUT2D eigenvalue weighted by Gasteiger charge is 2.13. The van der Waals surface area contributed by atoms with E-state index in [-0.39, 0.29) is 0 Å². The molecule has 0 spiro atoms. The molecule has 0 heterocycles. The highest BCUT2D eigenvalue weighted by Crippen LogP contribution is 2.28. The summed E-state index contributed by atoms with van der Waals surface area (Å²) in [5.41, 5.74) is 2.45. The lowest BCUT2D eigenvalue weighted by molar-refractivity contribution is 0.283. The first-order valence-electron chi connectivity index (χ1n) is 6.82. The van der Waals surface area contributed by atoms with Crippen LogP contribution in [0.1, 0.15) is 32.3 Å². The molecule has 0 unspecified atom stereocenters. The Balaban J connectivity index is 2.27. The first kappa shape index (κ1) is 13.5. The van der Waals surface area contributed by atoms with Crippen LogP contribution in [0.4, 0.5) is 5.69 Å². The van der Waals surface area contributed by atoms with Crippen molar-refractivity contribution in [3.63, 3.8) is 0 Å². The van der Waals surface area contributed by atoms with Crippen molar-refractivity contribution >= 4 is 5.69 Å². The molecule has 2 aromatic rings. The van der Waals surface area contributed by atoms with Crippen LogP contribution in [0.25, 0.3) is 0 Å². The van der Waals surface area contributed by atoms with E-state index in [1.165, 1.54) is 5.56 Å². The second kappa shape index (κ2) is 6.28. The monoisotopic (exact) mass is 255 g/mol. The molecule has 0 aliphatic carbocycles. The Morgan fingerprint density at radius 3 is 2.21 bits per heavy atom. The molecule has 0 fully saturated rings. The average molecular weight is 255 g/mol. The minimum atomic E-state index is 0.477. The van der Waals surface area contributed by atoms with Gasteiger partial charge in [0.25, 0.3) is 0 Å². The zero-order valence-corrected chi connectivity index (χ0v) is 11.8. The number of anilines is 1. The van der Waals surface area contributed by atoms with Crippen LogP contribution in [0.2, 0.25) is 0 Å². The third kappa shape index (κ3) is 3.28. The van der Waals surface area contributed by atoms with Gasteiger partial charge in [-0.15, -0.1) is 0 Å². The largest absolute Gasteiger partial charge is 0.380 e. The van der Waals surface area contributed by atoms with Crippen LogP contribution in [-0.4, -0.2) is 6.54 Å². The third-order valence-corrected chi connectivity index (χ3v) is 3.07. The van der Waals surface area contributed by atoms with Crippen molar-refractivity contribution in [3.8, 4) is 5.75 Å². The number of para-hydroxylation sites is 2. The second-order valence-corrected chi connectivity index (χ2v) is 4.81. The average Bonchev–Trinajstić information content (AvgIpc) is 2.46. The highest BCUT2D eigenvalue weighted by atomic mass is 16.7. The van der Waals surface area contributed by atoms with Crippen LogP contribution in [-0.2, 0) is 0 Å². The molecule has 0 atom stereocenters. The van der Waals surface area contributed by atoms with Gasteiger partial charge in [0.2, 0.25) is 0 Å². The van der Waals surface area contributed by atoms with E-state index in [4.69, 9.17) is 4.84 Å². The maximum atomic E-state index is 5.97. The quantitative estimate of drug-likeness (QED) is 0.722. The molecule has 0 radical (unpaired) electrons. The smallest absolute Gasteiger partial charge is 0.155 e. The minimum absolute atomic E-state index is 0.477. The van der Waals surface area contributed by atoms with E-state index in [0.717, 1.165) is 18.0 Å². The van der Waals surface area contributed by atoms with Gasteiger partial charge in [0.15, 0.2) is 5.75 Å². The Labute approximate surface area is 115 Å². The van der Waals surface area contributed by atoms with Crippen molar-refractivity contribution in [2.24, 2.45) is 0 Å². The Morgan fingerprint density at radius 1 is 0.947 bits per heavy atom. The Kier molecular flexibility index (Phi) is 4.45. The van der Waals surface area contributed by atoms with Gasteiger partial charge in [-0.3, -0.25) is 0 Å². The van der Waals surface area contributed by atoms with E-state index >= 15 is 0 Å². The van der Waals surface area contributed by atoms with Crippen LogP contribution in [0, 0.1) is 0 Å². The van der Waals surface area contributed by atoms with Crippen molar-refractivity contribution in [1.82, 2.24) is 0 Å². The SMILES string of the molecule is CCN(Oc1ccccc1)c1ccccc1C(C)C. The second-order valence-electron chi connectivity index (χ2n) is 4.81. The first-order chi connectivity index (χ1) is 9.22. The standard InChI is InChI=1S/C17H21NO/c1-4-18(19-15-10-6-5-7-11-15)17-13-9-8-12-16(17)14(2)3/h5-14H,4H2,1-3H3. The summed E-state index contributed by atoms with van der Waals surface area (Å²) in [7, 11) is 0. The summed E-state index contributed by atoms with van der Waals surface area (Å²) >= 11 is 0. The fourth-order valence-corrected chi connectivity index (χ4v) is 2.10. The molecule has 0 amide bonds. The molecule has 2 aromatic carbocycles. The summed E-state index contributed by atoms with van der Waals surface area (Å²) in [6, 6.07) is 18.3. The number of nitrogens with zero attached hydrogens (tertiary/aromatic N) is 1. The van der Waals surface area contributed by atoms with Gasteiger partial charge in [0, 0.05) is 0 Å². The first-order valence-corrected chi connectivity index (χ1v) is 6.82. The predicted octanol–water partition coefficient (Wildman–Crippen LogP) is 4.63. The molecule has 0 aliphatic rings. The van der Waals surface area contributed by atoms with E-state index in [9.17, 15) is 0 Å². The van der Waals surface area contributed by atoms with Crippen LogP contribution in [0.3, 0.4) is 0 Å². The molecule has 0 saturated carbocycles. The topological polar surface area (TPSA) is 12.5 Å². The number of hydroxylamine groups is 1. The number of benzene rings is 2. The maximum absolute atomic E-state index is 5.97. The summed E-state index contributed by atoms with van der Waals surface area (Å²) < 4.78 is 0. The van der Waals surface area contributed by atoms with E-state index in [0.29, 0.717) is 5.92 Å². The molecular formula is C17H21NO. The summed E-state index contributed by atoms with van der Waals surface area (Å²) in [6.07, 6.45) is 0. The molecule has 0 bridgehead atoms. The molecule has 2 rings (SSSR count). The fraction of sp³-hybridized carbons (Fsp3) is 0.294. The molecular weight excluding hydrogens is 234 g/mol. The normalized spacial score (nSPS) is 10.5. The van der Waals surface area contributed by atoms with Crippen LogP contribution in [0.15, 0.2) is 54.6 Å². The predicted molar refractivity (Wildman–Crippen MR) is 80.6 cm³/mol. The van der Waals surface area contributed by atoms with Gasteiger partial charge in [-0.2, -0.15) is 0 Å². The Morgan fingerprint density at radius 2 is 1.58 bits per heavy atom. The van der Waals surface area contributed by atoms with Crippen LogP contribution in [0.5, 0.6) is 5.75 Å². The maximum Gasteiger partial charge on any atom is 0.155 e. The minimum Gasteiger partial charge on any atom is -0.380 e. The lowest BCUT2D eigenvalue weighted by Gasteiger charge is -2.26. The van der Waals surface area contributed by atoms with Gasteiger partial charge < -0.3 is 4.84 Å². The molecule has 2 nitrogen and oxygen atoms in total. The Hall–Kier alpha value is -1.96. The van der Waals surface area contributed by atoms with Crippen molar-refractivity contribution in [1.29, 1.82) is 0 Å². The van der Waals surface area contributed by atoms with Crippen molar-refractivity contribution in [2.45, 2.75) is 26.7 Å². The van der Waals surface area contributed by atoms with E-state index in [1.54, 1.807) is 0 Å². The lowest BCUT2D eigenvalue weighted by Crippen LogP contribution is -2.28. The summed E-state index contributed by atoms with van der Waals surface area (Å²) in [5, 5.41) is 1.95. The molecule has 19 heavy (non-hydrogen) atoms. The molecule has 2 heteroatoms. The zero-order chi connectivity index (χ0) is 13.7. The Bertz CT molecular complexity index is 508. The molecule has 0 aromatic heterocycles. The summed E-state index contributed by atoms with van der Waals surface area (Å²) in [6.45, 7) is 7.31. The van der Waals surface area contributed by atoms with E-state index in [2.05, 4.69) is 45.0 Å². The third-order valence-electron chi connectivity index (χ3n) is 3.07.